The summed E-state index contributed by atoms with van der Waals surface area (Å²) < 4.78 is 3.08. The van der Waals surface area contributed by atoms with E-state index in [2.05, 4.69) is 38.5 Å². The lowest BCUT2D eigenvalue weighted by atomic mass is 10.2. The Bertz CT molecular complexity index is 491. The van der Waals surface area contributed by atoms with Gasteiger partial charge in [-0.2, -0.15) is 0 Å². The molecular formula is C12H14BrN3. The lowest BCUT2D eigenvalue weighted by Gasteiger charge is -2.08. The van der Waals surface area contributed by atoms with E-state index in [0.717, 1.165) is 29.0 Å². The summed E-state index contributed by atoms with van der Waals surface area (Å²) in [5.74, 6) is 1.10. The molecule has 0 spiro atoms. The van der Waals surface area contributed by atoms with Crippen molar-refractivity contribution in [2.75, 3.05) is 5.73 Å². The van der Waals surface area contributed by atoms with Crippen molar-refractivity contribution in [3.63, 3.8) is 0 Å². The fraction of sp³-hybridized carbons (Fsp3) is 0.250. The average molecular weight is 280 g/mol. The second-order valence-electron chi connectivity index (χ2n) is 3.68. The molecule has 1 heterocycles. The Morgan fingerprint density at radius 2 is 2.25 bits per heavy atom. The third kappa shape index (κ3) is 2.27. The van der Waals surface area contributed by atoms with Gasteiger partial charge in [0.25, 0.3) is 0 Å². The molecule has 0 unspecified atom stereocenters. The Hall–Kier alpha value is -1.29. The minimum Gasteiger partial charge on any atom is -0.398 e. The zero-order chi connectivity index (χ0) is 11.5. The van der Waals surface area contributed by atoms with Gasteiger partial charge in [-0.3, -0.25) is 0 Å². The van der Waals surface area contributed by atoms with Crippen molar-refractivity contribution in [2.24, 2.45) is 0 Å². The Balaban J connectivity index is 2.24. The number of rotatable bonds is 3. The van der Waals surface area contributed by atoms with Crippen LogP contribution in [0.3, 0.4) is 0 Å². The molecule has 0 fully saturated rings. The first kappa shape index (κ1) is 11.2. The third-order valence-electron chi connectivity index (χ3n) is 2.53. The number of hydrogen-bond acceptors (Lipinski definition) is 2. The lowest BCUT2D eigenvalue weighted by molar-refractivity contribution is 0.732. The van der Waals surface area contributed by atoms with E-state index in [1.54, 1.807) is 0 Å². The summed E-state index contributed by atoms with van der Waals surface area (Å²) in [7, 11) is 0. The maximum Gasteiger partial charge on any atom is 0.108 e. The topological polar surface area (TPSA) is 43.8 Å². The molecule has 0 aliphatic rings. The van der Waals surface area contributed by atoms with Crippen LogP contribution in [0.15, 0.2) is 35.1 Å². The summed E-state index contributed by atoms with van der Waals surface area (Å²) in [6.45, 7) is 2.93. The van der Waals surface area contributed by atoms with Gasteiger partial charge in [-0.1, -0.05) is 13.0 Å². The lowest BCUT2D eigenvalue weighted by Crippen LogP contribution is -2.03. The zero-order valence-corrected chi connectivity index (χ0v) is 10.7. The second kappa shape index (κ2) is 4.70. The first-order chi connectivity index (χ1) is 7.70. The molecule has 84 valence electrons. The van der Waals surface area contributed by atoms with E-state index in [0.29, 0.717) is 0 Å². The second-order valence-corrected chi connectivity index (χ2v) is 4.54. The number of hydrogen-bond donors (Lipinski definition) is 1. The number of aromatic nitrogens is 2. The Morgan fingerprint density at radius 1 is 1.44 bits per heavy atom. The quantitative estimate of drug-likeness (QED) is 0.878. The average Bonchev–Trinajstić information content (AvgIpc) is 2.71. The van der Waals surface area contributed by atoms with Crippen molar-refractivity contribution in [3.8, 4) is 0 Å². The van der Waals surface area contributed by atoms with Gasteiger partial charge in [-0.25, -0.2) is 4.98 Å². The molecule has 0 radical (unpaired) electrons. The highest BCUT2D eigenvalue weighted by Gasteiger charge is 2.02. The van der Waals surface area contributed by atoms with E-state index in [1.807, 2.05) is 24.5 Å². The highest BCUT2D eigenvalue weighted by Crippen LogP contribution is 2.20. The number of imidazole rings is 1. The number of halogens is 1. The van der Waals surface area contributed by atoms with Crippen LogP contribution in [0.5, 0.6) is 0 Å². The first-order valence-electron chi connectivity index (χ1n) is 5.24. The minimum atomic E-state index is 0.774. The summed E-state index contributed by atoms with van der Waals surface area (Å²) in [4.78, 5) is 4.29. The van der Waals surface area contributed by atoms with Crippen molar-refractivity contribution >= 4 is 21.6 Å². The van der Waals surface area contributed by atoms with Crippen molar-refractivity contribution in [1.29, 1.82) is 0 Å². The van der Waals surface area contributed by atoms with Gasteiger partial charge in [0.05, 0.1) is 0 Å². The molecule has 1 aromatic heterocycles. The van der Waals surface area contributed by atoms with E-state index in [4.69, 9.17) is 5.73 Å². The fourth-order valence-corrected chi connectivity index (χ4v) is 1.93. The summed E-state index contributed by atoms with van der Waals surface area (Å²) in [5, 5.41) is 0. The van der Waals surface area contributed by atoms with Gasteiger partial charge in [0.15, 0.2) is 0 Å². The standard InChI is InChI=1S/C12H14BrN3/c1-2-12-15-5-6-16(12)8-9-3-4-10(13)11(14)7-9/h3-7H,2,8,14H2,1H3. The van der Waals surface area contributed by atoms with Crippen molar-refractivity contribution in [1.82, 2.24) is 9.55 Å². The van der Waals surface area contributed by atoms with Crippen LogP contribution in [-0.4, -0.2) is 9.55 Å². The smallest absolute Gasteiger partial charge is 0.108 e. The number of anilines is 1. The van der Waals surface area contributed by atoms with E-state index < -0.39 is 0 Å². The Labute approximate surface area is 103 Å². The number of nitrogen functional groups attached to an aromatic ring is 1. The molecule has 0 saturated heterocycles. The Kier molecular flexibility index (Phi) is 3.29. The van der Waals surface area contributed by atoms with Crippen molar-refractivity contribution in [3.05, 3.63) is 46.5 Å². The van der Waals surface area contributed by atoms with Crippen LogP contribution in [0, 0.1) is 0 Å². The van der Waals surface area contributed by atoms with Crippen LogP contribution in [0.2, 0.25) is 0 Å². The molecule has 2 rings (SSSR count). The van der Waals surface area contributed by atoms with Crippen LogP contribution >= 0.6 is 15.9 Å². The molecular weight excluding hydrogens is 266 g/mol. The molecule has 3 nitrogen and oxygen atoms in total. The molecule has 0 atom stereocenters. The van der Waals surface area contributed by atoms with E-state index in [1.165, 1.54) is 5.56 Å². The molecule has 4 heteroatoms. The fourth-order valence-electron chi connectivity index (χ4n) is 1.69. The van der Waals surface area contributed by atoms with E-state index >= 15 is 0 Å². The molecule has 2 N–H and O–H groups in total. The molecule has 0 aliphatic heterocycles. The van der Waals surface area contributed by atoms with Crippen LogP contribution in [0.25, 0.3) is 0 Å². The molecule has 1 aromatic carbocycles. The predicted molar refractivity (Wildman–Crippen MR) is 69.3 cm³/mol. The molecule has 0 bridgehead atoms. The van der Waals surface area contributed by atoms with Crippen LogP contribution in [-0.2, 0) is 13.0 Å². The summed E-state index contributed by atoms with van der Waals surface area (Å²) in [6.07, 6.45) is 4.77. The highest BCUT2D eigenvalue weighted by atomic mass is 79.9. The predicted octanol–water partition coefficient (Wildman–Crippen LogP) is 2.84. The molecule has 0 saturated carbocycles. The summed E-state index contributed by atoms with van der Waals surface area (Å²) in [5.41, 5.74) is 7.81. The summed E-state index contributed by atoms with van der Waals surface area (Å²) in [6, 6.07) is 6.04. The van der Waals surface area contributed by atoms with Gasteiger partial charge in [-0.15, -0.1) is 0 Å². The third-order valence-corrected chi connectivity index (χ3v) is 3.25. The van der Waals surface area contributed by atoms with Gasteiger partial charge in [0, 0.05) is 35.5 Å². The molecule has 0 aliphatic carbocycles. The highest BCUT2D eigenvalue weighted by molar-refractivity contribution is 9.10. The maximum absolute atomic E-state index is 5.85. The molecule has 16 heavy (non-hydrogen) atoms. The normalized spacial score (nSPS) is 10.6. The minimum absolute atomic E-state index is 0.774. The van der Waals surface area contributed by atoms with Crippen LogP contribution < -0.4 is 5.73 Å². The van der Waals surface area contributed by atoms with Crippen LogP contribution in [0.4, 0.5) is 5.69 Å². The first-order valence-corrected chi connectivity index (χ1v) is 6.04. The molecule has 2 aromatic rings. The van der Waals surface area contributed by atoms with E-state index in [-0.39, 0.29) is 0 Å². The van der Waals surface area contributed by atoms with Gasteiger partial charge in [0.2, 0.25) is 0 Å². The number of aryl methyl sites for hydroxylation is 1. The van der Waals surface area contributed by atoms with Gasteiger partial charge in [0.1, 0.15) is 5.82 Å². The van der Waals surface area contributed by atoms with Crippen LogP contribution in [0.1, 0.15) is 18.3 Å². The maximum atomic E-state index is 5.85. The van der Waals surface area contributed by atoms with Gasteiger partial charge >= 0.3 is 0 Å². The Morgan fingerprint density at radius 3 is 2.94 bits per heavy atom. The van der Waals surface area contributed by atoms with Gasteiger partial charge < -0.3 is 10.3 Å². The number of nitrogens with two attached hydrogens (primary N) is 1. The number of nitrogens with zero attached hydrogens (tertiary/aromatic N) is 2. The van der Waals surface area contributed by atoms with E-state index in [9.17, 15) is 0 Å². The number of benzene rings is 1. The van der Waals surface area contributed by atoms with Crippen molar-refractivity contribution in [2.45, 2.75) is 19.9 Å². The summed E-state index contributed by atoms with van der Waals surface area (Å²) >= 11 is 3.39. The zero-order valence-electron chi connectivity index (χ0n) is 9.15. The monoisotopic (exact) mass is 279 g/mol. The molecule has 0 amide bonds. The SMILES string of the molecule is CCc1nccn1Cc1ccc(Br)c(N)c1. The van der Waals surface area contributed by atoms with Crippen molar-refractivity contribution < 1.29 is 0 Å². The largest absolute Gasteiger partial charge is 0.398 e. The van der Waals surface area contributed by atoms with Gasteiger partial charge in [-0.05, 0) is 33.6 Å².